The van der Waals surface area contributed by atoms with E-state index in [0.29, 0.717) is 22.6 Å². The Labute approximate surface area is 227 Å². The fourth-order valence-corrected chi connectivity index (χ4v) is 4.79. The first-order chi connectivity index (χ1) is 18.9. The summed E-state index contributed by atoms with van der Waals surface area (Å²) in [5, 5.41) is 17.6. The molecule has 4 aromatic rings. The highest BCUT2D eigenvalue weighted by Crippen LogP contribution is 2.24. The van der Waals surface area contributed by atoms with Crippen molar-refractivity contribution in [1.82, 2.24) is 14.9 Å². The summed E-state index contributed by atoms with van der Waals surface area (Å²) in [5.74, 6) is -0.587. The number of aryl methyl sites for hydroxylation is 1. The van der Waals surface area contributed by atoms with Crippen LogP contribution in [0.3, 0.4) is 0 Å². The summed E-state index contributed by atoms with van der Waals surface area (Å²) >= 11 is 0. The zero-order chi connectivity index (χ0) is 29.2. The monoisotopic (exact) mass is 568 g/mol. The molecular weight excluding hydrogens is 544 g/mol. The van der Waals surface area contributed by atoms with Gasteiger partial charge in [-0.2, -0.15) is 0 Å². The molecule has 0 radical (unpaired) electrons. The molecule has 14 nitrogen and oxygen atoms in total. The zero-order valence-electron chi connectivity index (χ0n) is 21.8. The van der Waals surface area contributed by atoms with Crippen molar-refractivity contribution in [2.24, 2.45) is 4.99 Å². The van der Waals surface area contributed by atoms with Gasteiger partial charge in [-0.05, 0) is 57.2 Å². The maximum Gasteiger partial charge on any atom is 0.311 e. The average Bonchev–Trinajstić information content (AvgIpc) is 3.41. The molecule has 0 spiro atoms. The molecule has 0 aliphatic carbocycles. The van der Waals surface area contributed by atoms with Gasteiger partial charge in [0, 0.05) is 17.7 Å². The zero-order valence-corrected chi connectivity index (χ0v) is 22.6. The van der Waals surface area contributed by atoms with Crippen LogP contribution in [0.1, 0.15) is 29.4 Å². The summed E-state index contributed by atoms with van der Waals surface area (Å²) in [7, 11) is -2.76. The Morgan fingerprint density at radius 2 is 1.82 bits per heavy atom. The fraction of sp³-hybridized carbons (Fsp3) is 0.200. The average molecular weight is 569 g/mol. The summed E-state index contributed by atoms with van der Waals surface area (Å²) in [5.41, 5.74) is 1.63. The van der Waals surface area contributed by atoms with E-state index in [-0.39, 0.29) is 39.9 Å². The third kappa shape index (κ3) is 5.68. The van der Waals surface area contributed by atoms with Gasteiger partial charge < -0.3 is 9.26 Å². The topological polar surface area (TPSA) is 192 Å². The molecule has 0 atom stereocenters. The Morgan fingerprint density at radius 1 is 1.18 bits per heavy atom. The number of nitrogens with zero attached hydrogens (tertiary/aromatic N) is 4. The second kappa shape index (κ2) is 11.0. The lowest BCUT2D eigenvalue weighted by molar-refractivity contribution is -0.384. The van der Waals surface area contributed by atoms with Gasteiger partial charge in [0.15, 0.2) is 0 Å². The van der Waals surface area contributed by atoms with Crippen molar-refractivity contribution in [3.8, 4) is 5.69 Å². The molecule has 2 heterocycles. The molecule has 0 fully saturated rings. The lowest BCUT2D eigenvalue weighted by atomic mass is 10.1. The number of nitro groups is 1. The maximum atomic E-state index is 13.4. The van der Waals surface area contributed by atoms with E-state index < -0.39 is 26.5 Å². The van der Waals surface area contributed by atoms with Crippen molar-refractivity contribution < 1.29 is 27.4 Å². The van der Waals surface area contributed by atoms with Gasteiger partial charge >= 0.3 is 5.97 Å². The van der Waals surface area contributed by atoms with Gasteiger partial charge in [-0.3, -0.25) is 29.8 Å². The van der Waals surface area contributed by atoms with Crippen LogP contribution >= 0.6 is 0 Å². The Hall–Kier alpha value is -5.05. The summed E-state index contributed by atoms with van der Waals surface area (Å²) < 4.78 is 38.8. The SMILES string of the molecule is COC(=O)Cc1[nH]n(-c2ccc([N+](=O)[O-])cc2)c(=O)c1C(C)=Nc1ccc(S(=O)(=O)Nc2onc(C)c2C)cc1. The number of nitrogens with one attached hydrogen (secondary N) is 2. The van der Waals surface area contributed by atoms with Crippen LogP contribution in [0.25, 0.3) is 5.69 Å². The number of methoxy groups -OCH3 is 1. The van der Waals surface area contributed by atoms with Crippen LogP contribution in [-0.4, -0.2) is 47.1 Å². The first kappa shape index (κ1) is 28.0. The molecule has 2 aromatic carbocycles. The molecule has 0 aliphatic rings. The number of sulfonamides is 1. The summed E-state index contributed by atoms with van der Waals surface area (Å²) in [6, 6.07) is 10.9. The Bertz CT molecular complexity index is 1780. The number of hydrogen-bond acceptors (Lipinski definition) is 10. The molecule has 2 N–H and O–H groups in total. The highest BCUT2D eigenvalue weighted by Gasteiger charge is 2.22. The molecule has 4 rings (SSSR count). The minimum Gasteiger partial charge on any atom is -0.469 e. The van der Waals surface area contributed by atoms with E-state index in [1.54, 1.807) is 20.8 Å². The van der Waals surface area contributed by atoms with Crippen molar-refractivity contribution in [2.45, 2.75) is 32.1 Å². The van der Waals surface area contributed by atoms with Crippen LogP contribution in [-0.2, 0) is 26.0 Å². The van der Waals surface area contributed by atoms with Crippen LogP contribution in [0.4, 0.5) is 17.3 Å². The predicted octanol–water partition coefficient (Wildman–Crippen LogP) is 3.34. The number of H-pyrrole nitrogens is 1. The van der Waals surface area contributed by atoms with Gasteiger partial charge in [0.25, 0.3) is 21.3 Å². The molecular formula is C25H24N6O8S. The number of hydrogen-bond donors (Lipinski definition) is 2. The predicted molar refractivity (Wildman–Crippen MR) is 144 cm³/mol. The number of benzene rings is 2. The van der Waals surface area contributed by atoms with E-state index in [4.69, 9.17) is 9.26 Å². The minimum absolute atomic E-state index is 0.0188. The molecule has 0 bridgehead atoms. The highest BCUT2D eigenvalue weighted by atomic mass is 32.2. The lowest BCUT2D eigenvalue weighted by Gasteiger charge is -2.06. The van der Waals surface area contributed by atoms with Crippen LogP contribution in [0.2, 0.25) is 0 Å². The van der Waals surface area contributed by atoms with E-state index in [9.17, 15) is 28.1 Å². The van der Waals surface area contributed by atoms with Crippen molar-refractivity contribution in [3.05, 3.63) is 91.5 Å². The quantitative estimate of drug-likeness (QED) is 0.132. The third-order valence-electron chi connectivity index (χ3n) is 6.02. The maximum absolute atomic E-state index is 13.4. The summed E-state index contributed by atoms with van der Waals surface area (Å²) in [6.45, 7) is 4.93. The second-order valence-electron chi connectivity index (χ2n) is 8.65. The number of aromatic amines is 1. The first-order valence-corrected chi connectivity index (χ1v) is 13.2. The van der Waals surface area contributed by atoms with Gasteiger partial charge in [-0.1, -0.05) is 5.16 Å². The molecule has 0 saturated heterocycles. The Kier molecular flexibility index (Phi) is 7.68. The highest BCUT2D eigenvalue weighted by molar-refractivity contribution is 7.92. The van der Waals surface area contributed by atoms with Crippen molar-refractivity contribution in [3.63, 3.8) is 0 Å². The largest absolute Gasteiger partial charge is 0.469 e. The lowest BCUT2D eigenvalue weighted by Crippen LogP contribution is -2.20. The van der Waals surface area contributed by atoms with Crippen LogP contribution in [0.5, 0.6) is 0 Å². The van der Waals surface area contributed by atoms with Gasteiger partial charge in [0.1, 0.15) is 0 Å². The van der Waals surface area contributed by atoms with E-state index in [1.165, 1.54) is 55.6 Å². The summed E-state index contributed by atoms with van der Waals surface area (Å²) in [6.07, 6.45) is -0.267. The fourth-order valence-electron chi connectivity index (χ4n) is 3.75. The van der Waals surface area contributed by atoms with Gasteiger partial charge in [-0.15, -0.1) is 0 Å². The number of anilines is 1. The number of carbonyl (C=O) groups is 1. The number of nitro benzene ring substituents is 1. The minimum atomic E-state index is -3.97. The summed E-state index contributed by atoms with van der Waals surface area (Å²) in [4.78, 5) is 40.2. The van der Waals surface area contributed by atoms with Crippen molar-refractivity contribution >= 4 is 39.0 Å². The number of non-ortho nitro benzene ring substituents is 1. The van der Waals surface area contributed by atoms with Crippen LogP contribution < -0.4 is 10.3 Å². The number of ether oxygens (including phenoxy) is 1. The van der Waals surface area contributed by atoms with Crippen molar-refractivity contribution in [2.75, 3.05) is 11.8 Å². The van der Waals surface area contributed by atoms with E-state index in [1.807, 2.05) is 0 Å². The molecule has 0 unspecified atom stereocenters. The number of aliphatic imine (C=N–C) groups is 1. The van der Waals surface area contributed by atoms with E-state index in [2.05, 4.69) is 20.0 Å². The number of aromatic nitrogens is 3. The van der Waals surface area contributed by atoms with Gasteiger partial charge in [-0.25, -0.2) is 17.8 Å². The Morgan fingerprint density at radius 3 is 2.38 bits per heavy atom. The van der Waals surface area contributed by atoms with Crippen molar-refractivity contribution in [1.29, 1.82) is 0 Å². The molecule has 0 aliphatic heterocycles. The number of rotatable bonds is 9. The Balaban J connectivity index is 1.67. The van der Waals surface area contributed by atoms with E-state index in [0.717, 1.165) is 4.68 Å². The normalized spacial score (nSPS) is 11.8. The third-order valence-corrected chi connectivity index (χ3v) is 7.37. The molecule has 15 heteroatoms. The molecule has 0 saturated carbocycles. The van der Waals surface area contributed by atoms with Crippen LogP contribution in [0, 0.1) is 24.0 Å². The number of carbonyl (C=O) groups excluding carboxylic acids is 1. The molecule has 208 valence electrons. The van der Waals surface area contributed by atoms with E-state index >= 15 is 0 Å². The number of esters is 1. The van der Waals surface area contributed by atoms with Gasteiger partial charge in [0.2, 0.25) is 5.88 Å². The standard InChI is InChI=1S/C25H24N6O8S/c1-14-15(2)28-39-24(14)29-40(36,37)20-11-5-17(6-12-20)26-16(3)23-21(13-22(32)38-4)27-30(25(23)33)18-7-9-19(10-8-18)31(34)35/h5-12,27,29H,13H2,1-4H3. The second-order valence-corrected chi connectivity index (χ2v) is 10.3. The van der Waals surface area contributed by atoms with Crippen LogP contribution in [0.15, 0.2) is 67.7 Å². The van der Waals surface area contributed by atoms with Gasteiger partial charge in [0.05, 0.1) is 57.4 Å². The molecule has 0 amide bonds. The first-order valence-electron chi connectivity index (χ1n) is 11.7. The smallest absolute Gasteiger partial charge is 0.311 e. The molecule has 2 aromatic heterocycles. The molecule has 40 heavy (non-hydrogen) atoms.